The number of pyridine rings is 1. The molecule has 2 aromatic heterocycles. The summed E-state index contributed by atoms with van der Waals surface area (Å²) in [6, 6.07) is 12.4. The Hall–Kier alpha value is -4.52. The van der Waals surface area contributed by atoms with Crippen LogP contribution in [0.1, 0.15) is 25.3 Å². The smallest absolute Gasteiger partial charge is 0.240 e. The number of rotatable bonds is 6. The van der Waals surface area contributed by atoms with E-state index in [0.717, 1.165) is 12.0 Å². The van der Waals surface area contributed by atoms with Crippen LogP contribution < -0.4 is 21.3 Å². The molecule has 33 heavy (non-hydrogen) atoms. The highest BCUT2D eigenvalue weighted by molar-refractivity contribution is 5.87. The fourth-order valence-corrected chi connectivity index (χ4v) is 3.82. The molecule has 0 bridgehead atoms. The summed E-state index contributed by atoms with van der Waals surface area (Å²) in [5, 5.41) is 15.4. The summed E-state index contributed by atoms with van der Waals surface area (Å²) in [5.74, 6) is 0.226. The molecule has 0 radical (unpaired) electrons. The highest BCUT2D eigenvalue weighted by atomic mass is 16.2. The van der Waals surface area contributed by atoms with E-state index in [4.69, 9.17) is 5.73 Å². The Bertz CT molecular complexity index is 1240. The van der Waals surface area contributed by atoms with Gasteiger partial charge in [0.05, 0.1) is 28.8 Å². The molecular weight excluding hydrogens is 420 g/mol. The normalized spacial score (nSPS) is 15.0. The molecule has 4 rings (SSSR count). The lowest BCUT2D eigenvalue weighted by Gasteiger charge is -2.25. The SMILES string of the molecule is CC(=O)Nc1ccc(Nc2nccc(-c3ccc(N4CCCC4C(N)=O)c(C#N)c3)n2)cn1. The average molecular weight is 442 g/mol. The van der Waals surface area contributed by atoms with Crippen LogP contribution in [0.3, 0.4) is 0 Å². The molecule has 3 aromatic rings. The number of carbonyl (C=O) groups is 2. The highest BCUT2D eigenvalue weighted by Crippen LogP contribution is 2.31. The fourth-order valence-electron chi connectivity index (χ4n) is 3.82. The third kappa shape index (κ3) is 4.88. The zero-order valence-electron chi connectivity index (χ0n) is 17.9. The third-order valence-electron chi connectivity index (χ3n) is 5.28. The quantitative estimate of drug-likeness (QED) is 0.527. The van der Waals surface area contributed by atoms with Gasteiger partial charge >= 0.3 is 0 Å². The Morgan fingerprint density at radius 2 is 2.06 bits per heavy atom. The maximum atomic E-state index is 11.8. The predicted octanol–water partition coefficient (Wildman–Crippen LogP) is 2.57. The van der Waals surface area contributed by atoms with Gasteiger partial charge in [-0.1, -0.05) is 6.07 Å². The van der Waals surface area contributed by atoms with Crippen molar-refractivity contribution in [1.82, 2.24) is 15.0 Å². The van der Waals surface area contributed by atoms with E-state index in [2.05, 4.69) is 31.7 Å². The van der Waals surface area contributed by atoms with E-state index in [1.807, 2.05) is 17.0 Å². The van der Waals surface area contributed by atoms with E-state index >= 15 is 0 Å². The van der Waals surface area contributed by atoms with E-state index in [-0.39, 0.29) is 11.8 Å². The van der Waals surface area contributed by atoms with E-state index < -0.39 is 6.04 Å². The minimum Gasteiger partial charge on any atom is -0.368 e. The molecule has 1 aliphatic heterocycles. The lowest BCUT2D eigenvalue weighted by Crippen LogP contribution is -2.40. The minimum atomic E-state index is -0.400. The first-order valence-corrected chi connectivity index (χ1v) is 10.4. The summed E-state index contributed by atoms with van der Waals surface area (Å²) in [6.45, 7) is 2.09. The summed E-state index contributed by atoms with van der Waals surface area (Å²) >= 11 is 0. The Labute approximate surface area is 190 Å². The number of aromatic nitrogens is 3. The van der Waals surface area contributed by atoms with Gasteiger partial charge in [0.2, 0.25) is 17.8 Å². The third-order valence-corrected chi connectivity index (χ3v) is 5.28. The number of amides is 2. The van der Waals surface area contributed by atoms with Crippen molar-refractivity contribution in [3.05, 3.63) is 54.4 Å². The van der Waals surface area contributed by atoms with Crippen molar-refractivity contribution in [3.63, 3.8) is 0 Å². The number of nitrogens with zero attached hydrogens (tertiary/aromatic N) is 5. The topological polar surface area (TPSA) is 150 Å². The Kier molecular flexibility index (Phi) is 6.13. The van der Waals surface area contributed by atoms with Crippen molar-refractivity contribution in [2.45, 2.75) is 25.8 Å². The number of anilines is 4. The first-order chi connectivity index (χ1) is 15.9. The van der Waals surface area contributed by atoms with E-state index in [0.29, 0.717) is 47.4 Å². The number of hydrogen-bond donors (Lipinski definition) is 3. The van der Waals surface area contributed by atoms with Crippen LogP contribution in [0.2, 0.25) is 0 Å². The molecule has 2 amide bonds. The van der Waals surface area contributed by atoms with Crippen LogP contribution in [0.15, 0.2) is 48.8 Å². The van der Waals surface area contributed by atoms with Crippen LogP contribution >= 0.6 is 0 Å². The van der Waals surface area contributed by atoms with Gasteiger partial charge in [-0.2, -0.15) is 5.26 Å². The van der Waals surface area contributed by atoms with Gasteiger partial charge in [0.15, 0.2) is 0 Å². The van der Waals surface area contributed by atoms with Crippen molar-refractivity contribution >= 4 is 35.0 Å². The van der Waals surface area contributed by atoms with Crippen LogP contribution in [-0.2, 0) is 9.59 Å². The van der Waals surface area contributed by atoms with Gasteiger partial charge < -0.3 is 21.3 Å². The van der Waals surface area contributed by atoms with Crippen LogP contribution in [0, 0.1) is 11.3 Å². The maximum Gasteiger partial charge on any atom is 0.240 e. The molecule has 0 aliphatic carbocycles. The molecule has 1 fully saturated rings. The number of carbonyl (C=O) groups excluding carboxylic acids is 2. The number of primary amides is 1. The van der Waals surface area contributed by atoms with Gasteiger partial charge in [-0.3, -0.25) is 9.59 Å². The van der Waals surface area contributed by atoms with Crippen LogP contribution in [0.25, 0.3) is 11.3 Å². The zero-order valence-corrected chi connectivity index (χ0v) is 17.9. The Morgan fingerprint density at radius 1 is 1.21 bits per heavy atom. The monoisotopic (exact) mass is 442 g/mol. The first kappa shape index (κ1) is 21.7. The molecule has 3 heterocycles. The molecule has 0 spiro atoms. The molecular formula is C23H22N8O2. The Morgan fingerprint density at radius 3 is 2.76 bits per heavy atom. The lowest BCUT2D eigenvalue weighted by atomic mass is 10.0. The molecule has 0 saturated carbocycles. The maximum absolute atomic E-state index is 11.8. The van der Waals surface area contributed by atoms with Crippen molar-refractivity contribution in [2.24, 2.45) is 5.73 Å². The lowest BCUT2D eigenvalue weighted by molar-refractivity contribution is -0.119. The second-order valence-corrected chi connectivity index (χ2v) is 7.60. The van der Waals surface area contributed by atoms with Crippen molar-refractivity contribution in [1.29, 1.82) is 5.26 Å². The molecule has 1 saturated heterocycles. The van der Waals surface area contributed by atoms with Crippen molar-refractivity contribution in [2.75, 3.05) is 22.1 Å². The van der Waals surface area contributed by atoms with Crippen LogP contribution in [0.4, 0.5) is 23.1 Å². The van der Waals surface area contributed by atoms with E-state index in [1.165, 1.54) is 6.92 Å². The van der Waals surface area contributed by atoms with Crippen molar-refractivity contribution in [3.8, 4) is 17.3 Å². The summed E-state index contributed by atoms with van der Waals surface area (Å²) < 4.78 is 0. The number of nitriles is 1. The highest BCUT2D eigenvalue weighted by Gasteiger charge is 2.30. The summed E-state index contributed by atoms with van der Waals surface area (Å²) in [4.78, 5) is 37.7. The molecule has 10 heteroatoms. The summed E-state index contributed by atoms with van der Waals surface area (Å²) in [6.07, 6.45) is 4.72. The molecule has 166 valence electrons. The van der Waals surface area contributed by atoms with Gasteiger partial charge in [0.1, 0.15) is 17.9 Å². The summed E-state index contributed by atoms with van der Waals surface area (Å²) in [5.41, 5.74) is 8.71. The van der Waals surface area contributed by atoms with Gasteiger partial charge in [-0.25, -0.2) is 15.0 Å². The number of benzene rings is 1. The van der Waals surface area contributed by atoms with Crippen LogP contribution in [-0.4, -0.2) is 39.4 Å². The van der Waals surface area contributed by atoms with Gasteiger partial charge in [0, 0.05) is 25.2 Å². The van der Waals surface area contributed by atoms with Gasteiger partial charge in [0.25, 0.3) is 0 Å². The molecule has 1 unspecified atom stereocenters. The van der Waals surface area contributed by atoms with Gasteiger partial charge in [-0.15, -0.1) is 0 Å². The van der Waals surface area contributed by atoms with E-state index in [1.54, 1.807) is 36.7 Å². The van der Waals surface area contributed by atoms with Crippen LogP contribution in [0.5, 0.6) is 0 Å². The number of nitrogens with two attached hydrogens (primary N) is 1. The van der Waals surface area contributed by atoms with Gasteiger partial charge in [-0.05, 0) is 43.2 Å². The number of nitrogens with one attached hydrogen (secondary N) is 2. The summed E-state index contributed by atoms with van der Waals surface area (Å²) in [7, 11) is 0. The molecule has 1 aliphatic rings. The first-order valence-electron chi connectivity index (χ1n) is 10.4. The minimum absolute atomic E-state index is 0.197. The Balaban J connectivity index is 1.56. The molecule has 1 aromatic carbocycles. The van der Waals surface area contributed by atoms with E-state index in [9.17, 15) is 14.9 Å². The molecule has 4 N–H and O–H groups in total. The fraction of sp³-hybridized carbons (Fsp3) is 0.217. The second kappa shape index (κ2) is 9.32. The second-order valence-electron chi connectivity index (χ2n) is 7.60. The number of hydrogen-bond acceptors (Lipinski definition) is 8. The largest absolute Gasteiger partial charge is 0.368 e. The molecule has 1 atom stereocenters. The van der Waals surface area contributed by atoms with Crippen molar-refractivity contribution < 1.29 is 9.59 Å². The predicted molar refractivity (Wildman–Crippen MR) is 124 cm³/mol. The zero-order chi connectivity index (χ0) is 23.4. The average Bonchev–Trinajstić information content (AvgIpc) is 3.30. The molecule has 10 nitrogen and oxygen atoms in total. The standard InChI is InChI=1S/C23H22N8O2/c1-14(32)28-21-7-5-17(13-27-21)29-23-26-9-8-18(30-23)15-4-6-19(16(11-15)12-24)31-10-2-3-20(31)22(25)33/h4-9,11,13,20H,2-3,10H2,1H3,(H2,25,33)(H,26,29,30)(H,27,28,32).